The minimum Gasteiger partial charge on any atom is -0.368 e. The zero-order valence-electron chi connectivity index (χ0n) is 12.1. The molecule has 114 valence electrons. The maximum absolute atomic E-state index is 14.5. The molecule has 0 saturated heterocycles. The van der Waals surface area contributed by atoms with Crippen LogP contribution in [0.5, 0.6) is 0 Å². The first-order valence-corrected chi connectivity index (χ1v) is 7.08. The second-order valence-electron chi connectivity index (χ2n) is 5.87. The molecule has 22 heavy (non-hydrogen) atoms. The van der Waals surface area contributed by atoms with E-state index in [-0.39, 0.29) is 16.5 Å². The summed E-state index contributed by atoms with van der Waals surface area (Å²) in [5.41, 5.74) is 6.69. The van der Waals surface area contributed by atoms with Crippen LogP contribution in [0.15, 0.2) is 18.3 Å². The maximum Gasteiger partial charge on any atom is 0.254 e. The summed E-state index contributed by atoms with van der Waals surface area (Å²) in [6.07, 6.45) is 1.37. The number of nitrogen functional groups attached to an aromatic ring is 1. The van der Waals surface area contributed by atoms with Crippen LogP contribution in [-0.4, -0.2) is 22.4 Å². The molecule has 7 heteroatoms. The van der Waals surface area contributed by atoms with E-state index in [0.717, 1.165) is 0 Å². The molecule has 1 aromatic carbocycles. The van der Waals surface area contributed by atoms with E-state index in [1.807, 2.05) is 13.8 Å². The summed E-state index contributed by atoms with van der Waals surface area (Å²) in [6, 6.07) is 2.98. The number of nitrogens with zero attached hydrogens (tertiary/aromatic N) is 2. The zero-order valence-corrected chi connectivity index (χ0v) is 12.8. The number of aromatic nitrogens is 2. The number of nitrogens with two attached hydrogens (primary N) is 1. The van der Waals surface area contributed by atoms with E-state index in [9.17, 15) is 9.18 Å². The normalized spacial score (nSPS) is 16.1. The highest BCUT2D eigenvalue weighted by Crippen LogP contribution is 2.36. The summed E-state index contributed by atoms with van der Waals surface area (Å²) < 4.78 is 14.5. The Bertz CT molecular complexity index is 791. The van der Waals surface area contributed by atoms with Gasteiger partial charge in [-0.3, -0.25) is 4.79 Å². The summed E-state index contributed by atoms with van der Waals surface area (Å²) in [5, 5.41) is 2.97. The molecule has 3 N–H and O–H groups in total. The largest absolute Gasteiger partial charge is 0.368 e. The SMILES string of the molecule is CC1(C)CNC(=O)c2c(F)cc(-c3nc(N)ncc3Cl)cc21. The van der Waals surface area contributed by atoms with E-state index in [2.05, 4.69) is 15.3 Å². The van der Waals surface area contributed by atoms with Gasteiger partial charge in [0.15, 0.2) is 0 Å². The number of hydrogen-bond acceptors (Lipinski definition) is 4. The highest BCUT2D eigenvalue weighted by atomic mass is 35.5. The average Bonchev–Trinajstić information content (AvgIpc) is 2.45. The molecule has 0 bridgehead atoms. The van der Waals surface area contributed by atoms with E-state index in [1.165, 1.54) is 12.3 Å². The fourth-order valence-electron chi connectivity index (χ4n) is 2.58. The highest BCUT2D eigenvalue weighted by molar-refractivity contribution is 6.32. The van der Waals surface area contributed by atoms with Crippen LogP contribution in [0.2, 0.25) is 5.02 Å². The van der Waals surface area contributed by atoms with Crippen LogP contribution in [0.4, 0.5) is 10.3 Å². The number of carbonyl (C=O) groups excluding carboxylic acids is 1. The lowest BCUT2D eigenvalue weighted by Crippen LogP contribution is -2.44. The molecule has 1 aromatic heterocycles. The van der Waals surface area contributed by atoms with E-state index in [1.54, 1.807) is 6.07 Å². The highest BCUT2D eigenvalue weighted by Gasteiger charge is 2.34. The van der Waals surface area contributed by atoms with Gasteiger partial charge in [-0.1, -0.05) is 25.4 Å². The van der Waals surface area contributed by atoms with Gasteiger partial charge in [0.1, 0.15) is 5.82 Å². The molecule has 0 radical (unpaired) electrons. The third kappa shape index (κ3) is 2.29. The van der Waals surface area contributed by atoms with Crippen molar-refractivity contribution < 1.29 is 9.18 Å². The average molecular weight is 321 g/mol. The first kappa shape index (κ1) is 14.7. The fraction of sp³-hybridized carbons (Fsp3) is 0.267. The van der Waals surface area contributed by atoms with Crippen molar-refractivity contribution in [3.05, 3.63) is 40.3 Å². The number of carbonyl (C=O) groups is 1. The molecule has 2 heterocycles. The van der Waals surface area contributed by atoms with Gasteiger partial charge in [0.25, 0.3) is 5.91 Å². The van der Waals surface area contributed by atoms with Gasteiger partial charge in [-0.2, -0.15) is 0 Å². The van der Waals surface area contributed by atoms with Crippen molar-refractivity contribution >= 4 is 23.5 Å². The molecular formula is C15H14ClFN4O. The first-order valence-electron chi connectivity index (χ1n) is 6.70. The Hall–Kier alpha value is -2.21. The molecule has 0 atom stereocenters. The molecule has 0 spiro atoms. The van der Waals surface area contributed by atoms with E-state index < -0.39 is 17.1 Å². The van der Waals surface area contributed by atoms with Crippen molar-refractivity contribution in [2.24, 2.45) is 0 Å². The van der Waals surface area contributed by atoms with E-state index in [4.69, 9.17) is 17.3 Å². The number of benzene rings is 1. The molecule has 0 aliphatic carbocycles. The minimum atomic E-state index is -0.606. The zero-order chi connectivity index (χ0) is 16.1. The number of nitrogens with one attached hydrogen (secondary N) is 1. The summed E-state index contributed by atoms with van der Waals surface area (Å²) in [6.45, 7) is 4.30. The number of fused-ring (bicyclic) bond motifs is 1. The molecule has 0 unspecified atom stereocenters. The van der Waals surface area contributed by atoms with Crippen LogP contribution in [-0.2, 0) is 5.41 Å². The monoisotopic (exact) mass is 320 g/mol. The van der Waals surface area contributed by atoms with Crippen LogP contribution in [0.25, 0.3) is 11.3 Å². The van der Waals surface area contributed by atoms with Crippen LogP contribution < -0.4 is 11.1 Å². The third-order valence-corrected chi connectivity index (χ3v) is 4.05. The summed E-state index contributed by atoms with van der Waals surface area (Å²) >= 11 is 6.08. The molecule has 1 amide bonds. The molecule has 0 fully saturated rings. The number of anilines is 1. The molecule has 1 aliphatic heterocycles. The second kappa shape index (κ2) is 4.91. The van der Waals surface area contributed by atoms with Gasteiger partial charge >= 0.3 is 0 Å². The predicted octanol–water partition coefficient (Wildman–Crippen LogP) is 2.54. The van der Waals surface area contributed by atoms with Crippen molar-refractivity contribution in [1.29, 1.82) is 0 Å². The van der Waals surface area contributed by atoms with E-state index >= 15 is 0 Å². The fourth-order valence-corrected chi connectivity index (χ4v) is 2.78. The number of rotatable bonds is 1. The van der Waals surface area contributed by atoms with Crippen molar-refractivity contribution in [2.45, 2.75) is 19.3 Å². The Kier molecular flexibility index (Phi) is 3.29. The predicted molar refractivity (Wildman–Crippen MR) is 82.2 cm³/mol. The van der Waals surface area contributed by atoms with Crippen molar-refractivity contribution in [1.82, 2.24) is 15.3 Å². The lowest BCUT2D eigenvalue weighted by Gasteiger charge is -2.33. The topological polar surface area (TPSA) is 80.9 Å². The third-order valence-electron chi connectivity index (χ3n) is 3.77. The Balaban J connectivity index is 2.27. The lowest BCUT2D eigenvalue weighted by atomic mass is 9.78. The summed E-state index contributed by atoms with van der Waals surface area (Å²) in [7, 11) is 0. The maximum atomic E-state index is 14.5. The van der Waals surface area contributed by atoms with Gasteiger partial charge in [-0.25, -0.2) is 14.4 Å². The van der Waals surface area contributed by atoms with Gasteiger partial charge in [0.2, 0.25) is 5.95 Å². The molecular weight excluding hydrogens is 307 g/mol. The van der Waals surface area contributed by atoms with Crippen molar-refractivity contribution in [3.8, 4) is 11.3 Å². The number of hydrogen-bond donors (Lipinski definition) is 2. The lowest BCUT2D eigenvalue weighted by molar-refractivity contribution is 0.0925. The summed E-state index contributed by atoms with van der Waals surface area (Å²) in [4.78, 5) is 19.8. The van der Waals surface area contributed by atoms with Gasteiger partial charge in [-0.05, 0) is 17.7 Å². The van der Waals surface area contributed by atoms with E-state index in [0.29, 0.717) is 23.4 Å². The number of amides is 1. The first-order chi connectivity index (χ1) is 10.3. The molecule has 3 rings (SSSR count). The summed E-state index contributed by atoms with van der Waals surface area (Å²) in [5.74, 6) is -0.966. The van der Waals surface area contributed by atoms with Crippen molar-refractivity contribution in [3.63, 3.8) is 0 Å². The smallest absolute Gasteiger partial charge is 0.254 e. The number of halogens is 2. The van der Waals surface area contributed by atoms with Gasteiger partial charge in [-0.15, -0.1) is 0 Å². The Morgan fingerprint density at radius 1 is 1.41 bits per heavy atom. The molecule has 1 aliphatic rings. The van der Waals surface area contributed by atoms with Gasteiger partial charge < -0.3 is 11.1 Å². The Labute approximate surface area is 131 Å². The van der Waals surface area contributed by atoms with Gasteiger partial charge in [0, 0.05) is 17.5 Å². The molecule has 2 aromatic rings. The van der Waals surface area contributed by atoms with Crippen molar-refractivity contribution in [2.75, 3.05) is 12.3 Å². The van der Waals surface area contributed by atoms with Crippen LogP contribution in [0, 0.1) is 5.82 Å². The van der Waals surface area contributed by atoms with Gasteiger partial charge in [0.05, 0.1) is 22.5 Å². The second-order valence-corrected chi connectivity index (χ2v) is 6.28. The standard InChI is InChI=1S/C15H14ClFN4O/c1-15(2)6-20-13(22)11-8(15)3-7(4-10(11)17)12-9(16)5-19-14(18)21-12/h3-5H,6H2,1-2H3,(H,20,22)(H2,18,19,21). The van der Waals surface area contributed by atoms with Crippen LogP contribution in [0.3, 0.4) is 0 Å². The Morgan fingerprint density at radius 3 is 2.86 bits per heavy atom. The quantitative estimate of drug-likeness (QED) is 0.846. The molecule has 0 saturated carbocycles. The Morgan fingerprint density at radius 2 is 2.14 bits per heavy atom. The van der Waals surface area contributed by atoms with Crippen LogP contribution >= 0.6 is 11.6 Å². The van der Waals surface area contributed by atoms with Crippen LogP contribution in [0.1, 0.15) is 29.8 Å². The molecule has 5 nitrogen and oxygen atoms in total. The minimum absolute atomic E-state index is 0.0505.